The van der Waals surface area contributed by atoms with Crippen molar-refractivity contribution in [2.24, 2.45) is 4.99 Å². The molecular weight excluding hydrogens is 501 g/mol. The molecule has 158 valence electrons. The van der Waals surface area contributed by atoms with E-state index >= 15 is 0 Å². The van der Waals surface area contributed by atoms with Crippen molar-refractivity contribution in [1.29, 1.82) is 0 Å². The Balaban J connectivity index is 0.00000300. The number of aliphatic imine (C=N–C) groups is 1. The van der Waals surface area contributed by atoms with E-state index in [9.17, 15) is 0 Å². The first-order valence-corrected chi connectivity index (χ1v) is 10.3. The lowest BCUT2D eigenvalue weighted by atomic mass is 10.1. The molecule has 3 aromatic rings. The number of methoxy groups -OCH3 is 1. The summed E-state index contributed by atoms with van der Waals surface area (Å²) in [6.45, 7) is 4.07. The maximum atomic E-state index is 5.64. The lowest BCUT2D eigenvalue weighted by Gasteiger charge is -2.12. The molecule has 0 aliphatic rings. The number of imidazole rings is 1. The van der Waals surface area contributed by atoms with Crippen LogP contribution in [-0.4, -0.2) is 42.7 Å². The maximum absolute atomic E-state index is 5.64. The molecule has 2 heterocycles. The van der Waals surface area contributed by atoms with E-state index < -0.39 is 0 Å². The highest BCUT2D eigenvalue weighted by Crippen LogP contribution is 2.28. The monoisotopic (exact) mass is 529 g/mol. The Kier molecular flexibility index (Phi) is 9.52. The fourth-order valence-electron chi connectivity index (χ4n) is 2.90. The first-order valence-electron chi connectivity index (χ1n) is 9.38. The molecule has 0 atom stereocenters. The van der Waals surface area contributed by atoms with Gasteiger partial charge in [0.05, 0.1) is 26.0 Å². The number of halogens is 1. The summed E-state index contributed by atoms with van der Waals surface area (Å²) < 4.78 is 13.0. The fourth-order valence-corrected chi connectivity index (χ4v) is 3.62. The average molecular weight is 529 g/mol. The van der Waals surface area contributed by atoms with Gasteiger partial charge in [0.2, 0.25) is 0 Å². The van der Waals surface area contributed by atoms with Gasteiger partial charge in [-0.1, -0.05) is 6.07 Å². The SMILES string of the molecule is CCOc1cc(CCCNC(=NC)NCc2cn3ccsc3n2)ccc1OC.I. The number of hydrogen-bond acceptors (Lipinski definition) is 5. The number of aryl methyl sites for hydroxylation is 1. The molecule has 29 heavy (non-hydrogen) atoms. The Morgan fingerprint density at radius 2 is 2.14 bits per heavy atom. The molecule has 7 nitrogen and oxygen atoms in total. The molecule has 0 unspecified atom stereocenters. The van der Waals surface area contributed by atoms with Gasteiger partial charge < -0.3 is 20.1 Å². The van der Waals surface area contributed by atoms with Crippen LogP contribution in [0.5, 0.6) is 11.5 Å². The van der Waals surface area contributed by atoms with Crippen LogP contribution in [0.1, 0.15) is 24.6 Å². The van der Waals surface area contributed by atoms with Gasteiger partial charge in [-0.15, -0.1) is 35.3 Å². The third-order valence-electron chi connectivity index (χ3n) is 4.27. The summed E-state index contributed by atoms with van der Waals surface area (Å²) in [6.07, 6.45) is 5.98. The van der Waals surface area contributed by atoms with Crippen LogP contribution in [0, 0.1) is 0 Å². The highest BCUT2D eigenvalue weighted by atomic mass is 127. The minimum Gasteiger partial charge on any atom is -0.493 e. The molecule has 0 saturated carbocycles. The lowest BCUT2D eigenvalue weighted by Crippen LogP contribution is -2.37. The van der Waals surface area contributed by atoms with E-state index in [1.165, 1.54) is 5.56 Å². The Labute approximate surface area is 192 Å². The molecule has 0 spiro atoms. The van der Waals surface area contributed by atoms with E-state index in [1.807, 2.05) is 35.2 Å². The molecule has 0 saturated heterocycles. The quantitative estimate of drug-likeness (QED) is 0.191. The van der Waals surface area contributed by atoms with Crippen LogP contribution >= 0.6 is 35.3 Å². The van der Waals surface area contributed by atoms with Crippen molar-refractivity contribution in [3.05, 3.63) is 47.2 Å². The number of fused-ring (bicyclic) bond motifs is 1. The largest absolute Gasteiger partial charge is 0.493 e. The minimum absolute atomic E-state index is 0. The number of thiazole rings is 1. The van der Waals surface area contributed by atoms with Crippen LogP contribution in [0.15, 0.2) is 41.0 Å². The van der Waals surface area contributed by atoms with Gasteiger partial charge in [0.25, 0.3) is 0 Å². The predicted octanol–water partition coefficient (Wildman–Crippen LogP) is 3.72. The number of nitrogens with zero attached hydrogens (tertiary/aromatic N) is 3. The van der Waals surface area contributed by atoms with Crippen molar-refractivity contribution >= 4 is 46.2 Å². The molecule has 9 heteroatoms. The zero-order chi connectivity index (χ0) is 19.8. The second kappa shape index (κ2) is 11.9. The van der Waals surface area contributed by atoms with Crippen LogP contribution < -0.4 is 20.1 Å². The Morgan fingerprint density at radius 1 is 1.28 bits per heavy atom. The normalized spacial score (nSPS) is 11.2. The van der Waals surface area contributed by atoms with Crippen LogP contribution in [-0.2, 0) is 13.0 Å². The summed E-state index contributed by atoms with van der Waals surface area (Å²) in [5.41, 5.74) is 2.23. The van der Waals surface area contributed by atoms with Crippen molar-refractivity contribution in [1.82, 2.24) is 20.0 Å². The summed E-state index contributed by atoms with van der Waals surface area (Å²) in [7, 11) is 3.44. The number of hydrogen-bond donors (Lipinski definition) is 2. The van der Waals surface area contributed by atoms with Crippen LogP contribution in [0.25, 0.3) is 4.96 Å². The highest BCUT2D eigenvalue weighted by molar-refractivity contribution is 14.0. The first kappa shape index (κ1) is 23.3. The first-order chi connectivity index (χ1) is 13.7. The number of nitrogens with one attached hydrogen (secondary N) is 2. The Bertz CT molecular complexity index is 896. The number of guanidine groups is 1. The molecule has 0 fully saturated rings. The van der Waals surface area contributed by atoms with Crippen molar-refractivity contribution in [3.8, 4) is 11.5 Å². The van der Waals surface area contributed by atoms with E-state index in [0.29, 0.717) is 13.2 Å². The molecule has 3 rings (SSSR count). The third kappa shape index (κ3) is 6.49. The van der Waals surface area contributed by atoms with Gasteiger partial charge in [0, 0.05) is 31.4 Å². The smallest absolute Gasteiger partial charge is 0.193 e. The van der Waals surface area contributed by atoms with E-state index in [1.54, 1.807) is 25.5 Å². The number of benzene rings is 1. The zero-order valence-corrected chi connectivity index (χ0v) is 20.1. The van der Waals surface area contributed by atoms with Crippen molar-refractivity contribution in [2.45, 2.75) is 26.3 Å². The van der Waals surface area contributed by atoms with Crippen molar-refractivity contribution in [2.75, 3.05) is 27.3 Å². The van der Waals surface area contributed by atoms with Crippen molar-refractivity contribution < 1.29 is 9.47 Å². The highest BCUT2D eigenvalue weighted by Gasteiger charge is 2.06. The third-order valence-corrected chi connectivity index (χ3v) is 5.04. The van der Waals surface area contributed by atoms with Crippen LogP contribution in [0.3, 0.4) is 0 Å². The number of rotatable bonds is 9. The molecule has 2 aromatic heterocycles. The summed E-state index contributed by atoms with van der Waals surface area (Å²) in [6, 6.07) is 6.10. The second-order valence-electron chi connectivity index (χ2n) is 6.20. The van der Waals surface area contributed by atoms with Crippen LogP contribution in [0.2, 0.25) is 0 Å². The summed E-state index contributed by atoms with van der Waals surface area (Å²) >= 11 is 1.63. The van der Waals surface area contributed by atoms with E-state index in [2.05, 4.69) is 32.7 Å². The Hall–Kier alpha value is -2.01. The molecule has 0 aliphatic heterocycles. The average Bonchev–Trinajstić information content (AvgIpc) is 3.30. The fraction of sp³-hybridized carbons (Fsp3) is 0.400. The van der Waals surface area contributed by atoms with Gasteiger partial charge in [0.15, 0.2) is 22.4 Å². The van der Waals surface area contributed by atoms with E-state index in [4.69, 9.17) is 9.47 Å². The summed E-state index contributed by atoms with van der Waals surface area (Å²) in [5.74, 6) is 2.35. The van der Waals surface area contributed by atoms with Gasteiger partial charge in [-0.2, -0.15) is 0 Å². The molecule has 0 amide bonds. The molecule has 0 bridgehead atoms. The van der Waals surface area contributed by atoms with E-state index in [-0.39, 0.29) is 24.0 Å². The molecule has 2 N–H and O–H groups in total. The minimum atomic E-state index is 0. The van der Waals surface area contributed by atoms with Gasteiger partial charge in [-0.05, 0) is 37.5 Å². The molecule has 1 aromatic carbocycles. The topological polar surface area (TPSA) is 72.2 Å². The Morgan fingerprint density at radius 3 is 2.86 bits per heavy atom. The molecule has 0 radical (unpaired) electrons. The molecule has 0 aliphatic carbocycles. The maximum Gasteiger partial charge on any atom is 0.193 e. The van der Waals surface area contributed by atoms with Gasteiger partial charge >= 0.3 is 0 Å². The van der Waals surface area contributed by atoms with E-state index in [0.717, 1.165) is 47.5 Å². The van der Waals surface area contributed by atoms with Gasteiger partial charge in [-0.3, -0.25) is 9.39 Å². The predicted molar refractivity (Wildman–Crippen MR) is 129 cm³/mol. The summed E-state index contributed by atoms with van der Waals surface area (Å²) in [4.78, 5) is 9.85. The number of ether oxygens (including phenoxy) is 2. The summed E-state index contributed by atoms with van der Waals surface area (Å²) in [5, 5.41) is 8.69. The standard InChI is InChI=1S/C20H27N5O2S.HI/c1-4-27-18-12-15(7-8-17(18)26-3)6-5-9-22-19(21-2)23-13-16-14-25-10-11-28-20(25)24-16;/h7-8,10-12,14H,4-6,9,13H2,1-3H3,(H2,21,22,23);1H. The lowest BCUT2D eigenvalue weighted by molar-refractivity contribution is 0.310. The zero-order valence-electron chi connectivity index (χ0n) is 17.0. The van der Waals surface area contributed by atoms with Crippen LogP contribution in [0.4, 0.5) is 0 Å². The molecular formula is C20H28IN5O2S. The van der Waals surface area contributed by atoms with Crippen molar-refractivity contribution in [3.63, 3.8) is 0 Å². The van der Waals surface area contributed by atoms with Gasteiger partial charge in [-0.25, -0.2) is 4.98 Å². The second-order valence-corrected chi connectivity index (χ2v) is 7.07. The number of aromatic nitrogens is 2. The van der Waals surface area contributed by atoms with Gasteiger partial charge in [0.1, 0.15) is 0 Å².